The second-order valence-corrected chi connectivity index (χ2v) is 7.44. The highest BCUT2D eigenvalue weighted by atomic mass is 16.5. The van der Waals surface area contributed by atoms with Crippen LogP contribution >= 0.6 is 0 Å². The number of para-hydroxylation sites is 1. The van der Waals surface area contributed by atoms with E-state index in [-0.39, 0.29) is 35.2 Å². The van der Waals surface area contributed by atoms with Gasteiger partial charge in [-0.25, -0.2) is 0 Å². The molecule has 6 nitrogen and oxygen atoms in total. The smallest absolute Gasteiger partial charge is 0.245 e. The number of carbonyl (C=O) groups excluding carboxylic acids is 2. The van der Waals surface area contributed by atoms with Gasteiger partial charge < -0.3 is 15.8 Å². The van der Waals surface area contributed by atoms with Crippen molar-refractivity contribution in [2.45, 2.75) is 24.2 Å². The first-order chi connectivity index (χ1) is 14.1. The number of amides is 1. The third kappa shape index (κ3) is 2.21. The van der Waals surface area contributed by atoms with Crippen molar-refractivity contribution in [1.29, 1.82) is 5.26 Å². The number of nitrogens with two attached hydrogens (primary N) is 1. The summed E-state index contributed by atoms with van der Waals surface area (Å²) >= 11 is 0. The van der Waals surface area contributed by atoms with E-state index >= 15 is 0 Å². The van der Waals surface area contributed by atoms with Crippen LogP contribution in [0.1, 0.15) is 29.9 Å². The predicted octanol–water partition coefficient (Wildman–Crippen LogP) is 3.00. The molecular weight excluding hydrogens is 366 g/mol. The molecule has 2 aromatic carbocycles. The second kappa shape index (κ2) is 6.08. The Morgan fingerprint density at radius 3 is 2.55 bits per heavy atom. The number of allylic oxidation sites excluding steroid dienone is 1. The molecule has 2 heterocycles. The van der Waals surface area contributed by atoms with Crippen molar-refractivity contribution in [2.75, 3.05) is 5.32 Å². The first kappa shape index (κ1) is 17.3. The van der Waals surface area contributed by atoms with Crippen molar-refractivity contribution >= 4 is 17.4 Å². The average molecular weight is 383 g/mol. The number of ketones is 1. The van der Waals surface area contributed by atoms with E-state index in [1.54, 1.807) is 24.3 Å². The van der Waals surface area contributed by atoms with Crippen LogP contribution in [0.25, 0.3) is 0 Å². The van der Waals surface area contributed by atoms with E-state index in [0.29, 0.717) is 23.4 Å². The lowest BCUT2D eigenvalue weighted by Gasteiger charge is -2.38. The van der Waals surface area contributed by atoms with Gasteiger partial charge in [-0.3, -0.25) is 9.59 Å². The summed E-state index contributed by atoms with van der Waals surface area (Å²) in [7, 11) is 0. The summed E-state index contributed by atoms with van der Waals surface area (Å²) in [5.41, 5.74) is 6.91. The van der Waals surface area contributed by atoms with Crippen LogP contribution in [-0.4, -0.2) is 11.7 Å². The minimum absolute atomic E-state index is 0.0368. The largest absolute Gasteiger partial charge is 0.444 e. The Labute approximate surface area is 167 Å². The van der Waals surface area contributed by atoms with Crippen LogP contribution in [0, 0.1) is 11.3 Å². The molecule has 29 heavy (non-hydrogen) atoms. The SMILES string of the molecule is N#CC1=C(N)OC2=C(C(=O)C[C@@H](c3ccccc3)C2)[C@@]12C(=O)Nc1ccccc12. The quantitative estimate of drug-likeness (QED) is 0.788. The lowest BCUT2D eigenvalue weighted by molar-refractivity contribution is -0.123. The minimum Gasteiger partial charge on any atom is -0.444 e. The number of benzene rings is 2. The molecule has 2 aliphatic heterocycles. The van der Waals surface area contributed by atoms with Gasteiger partial charge in [0.15, 0.2) is 5.78 Å². The maximum absolute atomic E-state index is 13.4. The van der Waals surface area contributed by atoms with E-state index in [1.807, 2.05) is 36.4 Å². The second-order valence-electron chi connectivity index (χ2n) is 7.44. The van der Waals surface area contributed by atoms with Gasteiger partial charge in [-0.1, -0.05) is 48.5 Å². The van der Waals surface area contributed by atoms with Gasteiger partial charge in [0.25, 0.3) is 0 Å². The third-order valence-corrected chi connectivity index (χ3v) is 5.95. The zero-order valence-electron chi connectivity index (χ0n) is 15.4. The minimum atomic E-state index is -1.55. The zero-order chi connectivity index (χ0) is 20.2. The van der Waals surface area contributed by atoms with Crippen molar-refractivity contribution < 1.29 is 14.3 Å². The first-order valence-electron chi connectivity index (χ1n) is 9.38. The normalized spacial score (nSPS) is 25.3. The number of anilines is 1. The molecule has 0 bridgehead atoms. The van der Waals surface area contributed by atoms with Gasteiger partial charge in [0.05, 0.1) is 5.57 Å². The van der Waals surface area contributed by atoms with Crippen LogP contribution in [0.15, 0.2) is 77.4 Å². The zero-order valence-corrected chi connectivity index (χ0v) is 15.4. The number of nitrogens with zero attached hydrogens (tertiary/aromatic N) is 1. The van der Waals surface area contributed by atoms with Crippen LogP contribution in [0.3, 0.4) is 0 Å². The highest BCUT2D eigenvalue weighted by molar-refractivity contribution is 6.19. The molecule has 3 aliphatic rings. The number of fused-ring (bicyclic) bond motifs is 3. The molecule has 6 heteroatoms. The van der Waals surface area contributed by atoms with Gasteiger partial charge in [0.2, 0.25) is 11.8 Å². The van der Waals surface area contributed by atoms with Crippen molar-refractivity contribution in [3.05, 3.63) is 88.5 Å². The van der Waals surface area contributed by atoms with Gasteiger partial charge >= 0.3 is 0 Å². The molecule has 1 aliphatic carbocycles. The van der Waals surface area contributed by atoms with E-state index in [9.17, 15) is 14.9 Å². The van der Waals surface area contributed by atoms with Crippen LogP contribution < -0.4 is 11.1 Å². The molecule has 3 N–H and O–H groups in total. The monoisotopic (exact) mass is 383 g/mol. The summed E-state index contributed by atoms with van der Waals surface area (Å²) in [6.07, 6.45) is 0.670. The molecule has 0 fully saturated rings. The molecule has 0 saturated carbocycles. The lowest BCUT2D eigenvalue weighted by atomic mass is 9.63. The molecule has 5 rings (SSSR count). The molecular formula is C23H17N3O3. The molecule has 0 unspecified atom stereocenters. The summed E-state index contributed by atoms with van der Waals surface area (Å²) in [4.78, 5) is 26.7. The van der Waals surface area contributed by atoms with Gasteiger partial charge in [-0.2, -0.15) is 5.26 Å². The molecule has 0 aromatic heterocycles. The Morgan fingerprint density at radius 1 is 1.07 bits per heavy atom. The number of Topliss-reactive ketones (excluding diaryl/α,β-unsaturated/α-hetero) is 1. The fourth-order valence-corrected chi connectivity index (χ4v) is 4.74. The summed E-state index contributed by atoms with van der Waals surface area (Å²) in [6.45, 7) is 0. The fourth-order valence-electron chi connectivity index (χ4n) is 4.74. The third-order valence-electron chi connectivity index (χ3n) is 5.95. The Bertz CT molecular complexity index is 1170. The Hall–Kier alpha value is -3.85. The Balaban J connectivity index is 1.74. The van der Waals surface area contributed by atoms with Gasteiger partial charge in [-0.05, 0) is 17.5 Å². The number of nitrogens with one attached hydrogen (secondary N) is 1. The van der Waals surface area contributed by atoms with E-state index < -0.39 is 11.3 Å². The summed E-state index contributed by atoms with van der Waals surface area (Å²) in [6, 6.07) is 18.8. The topological polar surface area (TPSA) is 105 Å². The molecule has 1 spiro atoms. The lowest BCUT2D eigenvalue weighted by Crippen LogP contribution is -2.47. The fraction of sp³-hybridized carbons (Fsp3) is 0.174. The summed E-state index contributed by atoms with van der Waals surface area (Å²) in [5.74, 6) is -0.471. The standard InChI is InChI=1S/C23H17N3O3/c24-12-16-21(25)29-19-11-14(13-6-2-1-3-7-13)10-18(27)20(19)23(16)15-8-4-5-9-17(15)26-22(23)28/h1-9,14H,10-11,25H2,(H,26,28)/t14-,23+/m1/s1. The predicted molar refractivity (Wildman–Crippen MR) is 105 cm³/mol. The molecule has 0 saturated heterocycles. The van der Waals surface area contributed by atoms with Crippen molar-refractivity contribution in [3.8, 4) is 6.07 Å². The highest BCUT2D eigenvalue weighted by Gasteiger charge is 2.60. The van der Waals surface area contributed by atoms with Crippen LogP contribution in [0.2, 0.25) is 0 Å². The van der Waals surface area contributed by atoms with E-state index in [0.717, 1.165) is 5.56 Å². The Kier molecular flexibility index (Phi) is 3.62. The molecule has 1 amide bonds. The molecule has 0 radical (unpaired) electrons. The van der Waals surface area contributed by atoms with E-state index in [2.05, 4.69) is 5.32 Å². The van der Waals surface area contributed by atoms with Crippen LogP contribution in [0.5, 0.6) is 0 Å². The van der Waals surface area contributed by atoms with Crippen molar-refractivity contribution in [3.63, 3.8) is 0 Å². The van der Waals surface area contributed by atoms with E-state index in [1.165, 1.54) is 0 Å². The molecule has 142 valence electrons. The van der Waals surface area contributed by atoms with Gasteiger partial charge in [-0.15, -0.1) is 0 Å². The maximum Gasteiger partial charge on any atom is 0.245 e. The number of nitriles is 1. The molecule has 2 aromatic rings. The first-order valence-corrected chi connectivity index (χ1v) is 9.38. The number of carbonyl (C=O) groups is 2. The van der Waals surface area contributed by atoms with Crippen LogP contribution in [0.4, 0.5) is 5.69 Å². The Morgan fingerprint density at radius 2 is 1.79 bits per heavy atom. The summed E-state index contributed by atoms with van der Waals surface area (Å²) in [5, 5.41) is 12.7. The average Bonchev–Trinajstić information content (AvgIpc) is 3.01. The molecule has 2 atom stereocenters. The maximum atomic E-state index is 13.4. The number of hydrogen-bond donors (Lipinski definition) is 2. The number of hydrogen-bond acceptors (Lipinski definition) is 5. The van der Waals surface area contributed by atoms with Gasteiger partial charge in [0.1, 0.15) is 22.8 Å². The number of ether oxygens (including phenoxy) is 1. The number of rotatable bonds is 1. The van der Waals surface area contributed by atoms with Crippen molar-refractivity contribution in [2.24, 2.45) is 5.73 Å². The van der Waals surface area contributed by atoms with E-state index in [4.69, 9.17) is 10.5 Å². The highest BCUT2D eigenvalue weighted by Crippen LogP contribution is 2.55. The van der Waals surface area contributed by atoms with Gasteiger partial charge in [0, 0.05) is 24.1 Å². The van der Waals surface area contributed by atoms with Crippen molar-refractivity contribution in [1.82, 2.24) is 0 Å². The summed E-state index contributed by atoms with van der Waals surface area (Å²) < 4.78 is 5.78. The van der Waals surface area contributed by atoms with Crippen LogP contribution in [-0.2, 0) is 19.7 Å².